The molecule has 1 fully saturated rings. The third-order valence-electron chi connectivity index (χ3n) is 6.31. The second-order valence-corrected chi connectivity index (χ2v) is 9.40. The number of nitrogens with zero attached hydrogens (tertiary/aromatic N) is 5. The van der Waals surface area contributed by atoms with E-state index in [4.69, 9.17) is 23.2 Å². The molecule has 2 aromatic carbocycles. The van der Waals surface area contributed by atoms with Crippen molar-refractivity contribution in [2.75, 3.05) is 26.2 Å². The number of aromatic nitrogens is 3. The highest BCUT2D eigenvalue weighted by Gasteiger charge is 2.23. The summed E-state index contributed by atoms with van der Waals surface area (Å²) in [6.07, 6.45) is 1.79. The Morgan fingerprint density at radius 2 is 1.76 bits per heavy atom. The second-order valence-electron chi connectivity index (χ2n) is 8.56. The summed E-state index contributed by atoms with van der Waals surface area (Å²) in [5.74, 6) is 0.0560. The van der Waals surface area contributed by atoms with Gasteiger partial charge >= 0.3 is 0 Å². The van der Waals surface area contributed by atoms with Crippen LogP contribution in [0.1, 0.15) is 11.3 Å². The van der Waals surface area contributed by atoms with E-state index in [1.54, 1.807) is 16.9 Å². The van der Waals surface area contributed by atoms with Crippen molar-refractivity contribution >= 4 is 40.1 Å². The minimum atomic E-state index is 0.0560. The van der Waals surface area contributed by atoms with Crippen LogP contribution in [-0.2, 0) is 17.9 Å². The maximum atomic E-state index is 13.1. The molecule has 6 nitrogen and oxygen atoms in total. The Kier molecular flexibility index (Phi) is 6.55. The first kappa shape index (κ1) is 22.8. The van der Waals surface area contributed by atoms with E-state index >= 15 is 0 Å². The maximum absolute atomic E-state index is 13.1. The van der Waals surface area contributed by atoms with E-state index in [1.165, 1.54) is 0 Å². The number of fused-ring (bicyclic) bond motifs is 1. The van der Waals surface area contributed by atoms with Crippen LogP contribution in [0.3, 0.4) is 0 Å². The van der Waals surface area contributed by atoms with Crippen LogP contribution in [0.5, 0.6) is 0 Å². The molecule has 5 rings (SSSR count). The van der Waals surface area contributed by atoms with Crippen LogP contribution in [0, 0.1) is 6.92 Å². The van der Waals surface area contributed by atoms with E-state index in [0.29, 0.717) is 23.1 Å². The Morgan fingerprint density at radius 1 is 1.00 bits per heavy atom. The molecule has 0 atom stereocenters. The summed E-state index contributed by atoms with van der Waals surface area (Å²) in [7, 11) is 0. The number of hydrogen-bond donors (Lipinski definition) is 0. The van der Waals surface area contributed by atoms with Crippen LogP contribution in [0.15, 0.2) is 60.8 Å². The van der Waals surface area contributed by atoms with Gasteiger partial charge in [-0.2, -0.15) is 5.10 Å². The summed E-state index contributed by atoms with van der Waals surface area (Å²) in [5, 5.41) is 6.97. The summed E-state index contributed by atoms with van der Waals surface area (Å²) in [4.78, 5) is 21.9. The summed E-state index contributed by atoms with van der Waals surface area (Å²) in [6.45, 7) is 5.82. The van der Waals surface area contributed by atoms with Crippen molar-refractivity contribution in [3.8, 4) is 11.1 Å². The highest BCUT2D eigenvalue weighted by atomic mass is 35.5. The molecule has 0 aliphatic carbocycles. The fourth-order valence-electron chi connectivity index (χ4n) is 4.52. The van der Waals surface area contributed by atoms with Gasteiger partial charge in [0.15, 0.2) is 5.65 Å². The van der Waals surface area contributed by atoms with Gasteiger partial charge in [0.2, 0.25) is 5.91 Å². The zero-order valence-electron chi connectivity index (χ0n) is 18.9. The third-order valence-corrected chi connectivity index (χ3v) is 6.90. The van der Waals surface area contributed by atoms with Gasteiger partial charge in [0.05, 0.1) is 5.69 Å². The van der Waals surface area contributed by atoms with Gasteiger partial charge in [0.1, 0.15) is 6.54 Å². The molecule has 174 valence electrons. The first-order chi connectivity index (χ1) is 16.5. The van der Waals surface area contributed by atoms with Crippen LogP contribution in [0.25, 0.3) is 22.2 Å². The molecule has 0 bridgehead atoms. The maximum Gasteiger partial charge on any atom is 0.244 e. The molecule has 1 aliphatic heterocycles. The number of pyridine rings is 1. The van der Waals surface area contributed by atoms with E-state index in [1.807, 2.05) is 48.2 Å². The van der Waals surface area contributed by atoms with Gasteiger partial charge in [0.25, 0.3) is 0 Å². The van der Waals surface area contributed by atoms with Crippen molar-refractivity contribution in [3.63, 3.8) is 0 Å². The number of rotatable bonds is 5. The van der Waals surface area contributed by atoms with Crippen LogP contribution < -0.4 is 0 Å². The van der Waals surface area contributed by atoms with E-state index in [0.717, 1.165) is 53.1 Å². The predicted octanol–water partition coefficient (Wildman–Crippen LogP) is 5.06. The highest BCUT2D eigenvalue weighted by Crippen LogP contribution is 2.29. The molecule has 2 aromatic heterocycles. The van der Waals surface area contributed by atoms with E-state index in [-0.39, 0.29) is 12.5 Å². The number of carbonyl (C=O) groups is 1. The van der Waals surface area contributed by atoms with Crippen molar-refractivity contribution in [2.24, 2.45) is 0 Å². The van der Waals surface area contributed by atoms with Gasteiger partial charge in [-0.05, 0) is 41.8 Å². The van der Waals surface area contributed by atoms with E-state index in [9.17, 15) is 4.79 Å². The molecule has 8 heteroatoms. The number of carbonyl (C=O) groups excluding carboxylic acids is 1. The Bertz CT molecular complexity index is 1330. The number of benzene rings is 2. The number of amides is 1. The fraction of sp³-hybridized carbons (Fsp3) is 0.269. The molecule has 1 aliphatic rings. The first-order valence-corrected chi connectivity index (χ1v) is 12.1. The van der Waals surface area contributed by atoms with Gasteiger partial charge in [-0.25, -0.2) is 9.67 Å². The largest absolute Gasteiger partial charge is 0.339 e. The molecular weight excluding hydrogens is 469 g/mol. The van der Waals surface area contributed by atoms with Crippen molar-refractivity contribution in [1.82, 2.24) is 24.6 Å². The zero-order chi connectivity index (χ0) is 23.7. The van der Waals surface area contributed by atoms with Crippen molar-refractivity contribution in [2.45, 2.75) is 20.0 Å². The van der Waals surface area contributed by atoms with E-state index in [2.05, 4.69) is 27.1 Å². The first-order valence-electron chi connectivity index (χ1n) is 11.3. The van der Waals surface area contributed by atoms with E-state index < -0.39 is 0 Å². The summed E-state index contributed by atoms with van der Waals surface area (Å²) < 4.78 is 1.74. The van der Waals surface area contributed by atoms with Crippen molar-refractivity contribution < 1.29 is 4.79 Å². The smallest absolute Gasteiger partial charge is 0.244 e. The minimum Gasteiger partial charge on any atom is -0.339 e. The Morgan fingerprint density at radius 3 is 2.50 bits per heavy atom. The lowest BCUT2D eigenvalue weighted by Crippen LogP contribution is -2.49. The fourth-order valence-corrected chi connectivity index (χ4v) is 4.99. The summed E-state index contributed by atoms with van der Waals surface area (Å²) in [6, 6.07) is 17.8. The molecule has 0 saturated carbocycles. The van der Waals surface area contributed by atoms with Crippen LogP contribution in [-0.4, -0.2) is 56.7 Å². The molecule has 0 radical (unpaired) electrons. The quantitative estimate of drug-likeness (QED) is 0.389. The van der Waals surface area contributed by atoms with Gasteiger partial charge in [-0.15, -0.1) is 0 Å². The van der Waals surface area contributed by atoms with Gasteiger partial charge in [-0.1, -0.05) is 59.6 Å². The Labute approximate surface area is 208 Å². The zero-order valence-corrected chi connectivity index (χ0v) is 20.4. The number of piperazine rings is 1. The van der Waals surface area contributed by atoms with Crippen LogP contribution in [0.4, 0.5) is 0 Å². The lowest BCUT2D eigenvalue weighted by Gasteiger charge is -2.35. The topological polar surface area (TPSA) is 54.3 Å². The normalized spacial score (nSPS) is 14.6. The van der Waals surface area contributed by atoms with Crippen molar-refractivity contribution in [3.05, 3.63) is 82.1 Å². The molecule has 34 heavy (non-hydrogen) atoms. The molecule has 1 saturated heterocycles. The number of hydrogen-bond acceptors (Lipinski definition) is 4. The monoisotopic (exact) mass is 493 g/mol. The lowest BCUT2D eigenvalue weighted by atomic mass is 10.0. The molecule has 0 unspecified atom stereocenters. The summed E-state index contributed by atoms with van der Waals surface area (Å²) in [5.41, 5.74) is 4.85. The predicted molar refractivity (Wildman–Crippen MR) is 136 cm³/mol. The minimum absolute atomic E-state index is 0.0560. The van der Waals surface area contributed by atoms with Crippen molar-refractivity contribution in [1.29, 1.82) is 0 Å². The number of halogens is 2. The molecule has 3 heterocycles. The lowest BCUT2D eigenvalue weighted by molar-refractivity contribution is -0.133. The Balaban J connectivity index is 1.27. The van der Waals surface area contributed by atoms with Gasteiger partial charge in [-0.3, -0.25) is 9.69 Å². The van der Waals surface area contributed by atoms with Gasteiger partial charge < -0.3 is 4.90 Å². The van der Waals surface area contributed by atoms with Gasteiger partial charge in [0, 0.05) is 54.4 Å². The summed E-state index contributed by atoms with van der Waals surface area (Å²) >= 11 is 12.3. The molecule has 0 N–H and O–H groups in total. The highest BCUT2D eigenvalue weighted by molar-refractivity contribution is 6.35. The molecular formula is C26H25Cl2N5O. The Hall–Kier alpha value is -2.93. The molecule has 0 spiro atoms. The average Bonchev–Trinajstić information content (AvgIpc) is 3.17. The standard InChI is InChI=1S/C26H25Cl2N5O/c1-18-25-22(19-5-3-2-4-6-19)9-10-29-26(25)33(30-18)17-24(34)32-13-11-31(12-14-32)16-20-7-8-21(27)15-23(20)28/h2-10,15H,11-14,16-17H2,1H3. The van der Waals surface area contributed by atoms with Crippen LogP contribution >= 0.6 is 23.2 Å². The SMILES string of the molecule is Cc1nn(CC(=O)N2CCN(Cc3ccc(Cl)cc3Cl)CC2)c2nccc(-c3ccccc3)c12. The molecule has 1 amide bonds. The third kappa shape index (κ3) is 4.67. The second kappa shape index (κ2) is 9.74. The number of aryl methyl sites for hydroxylation is 1. The average molecular weight is 494 g/mol. The molecule has 4 aromatic rings. The van der Waals surface area contributed by atoms with Crippen LogP contribution in [0.2, 0.25) is 10.0 Å².